The quantitative estimate of drug-likeness (QED) is 0.303. The van der Waals surface area contributed by atoms with Crippen molar-refractivity contribution in [3.8, 4) is 0 Å². The minimum absolute atomic E-state index is 0.685. The van der Waals surface area contributed by atoms with Gasteiger partial charge in [-0.2, -0.15) is 0 Å². The summed E-state index contributed by atoms with van der Waals surface area (Å²) in [5.74, 6) is 0. The van der Waals surface area contributed by atoms with Crippen molar-refractivity contribution < 1.29 is 0 Å². The summed E-state index contributed by atoms with van der Waals surface area (Å²) in [7, 11) is 0. The monoisotopic (exact) mass is 459 g/mol. The van der Waals surface area contributed by atoms with E-state index in [2.05, 4.69) is 82.5 Å². The second kappa shape index (κ2) is 10.5. The molecule has 0 saturated carbocycles. The number of aryl methyl sites for hydroxylation is 1. The smallest absolute Gasteiger partial charge is 0.174 e. The Morgan fingerprint density at radius 3 is 2.38 bits per heavy atom. The highest BCUT2D eigenvalue weighted by atomic mass is 35.5. The van der Waals surface area contributed by atoms with Crippen LogP contribution in [0.2, 0.25) is 5.02 Å². The summed E-state index contributed by atoms with van der Waals surface area (Å²) in [5.41, 5.74) is 5.68. The van der Waals surface area contributed by atoms with E-state index in [1.165, 1.54) is 11.3 Å². The van der Waals surface area contributed by atoms with Crippen molar-refractivity contribution in [3.63, 3.8) is 0 Å². The number of para-hydroxylation sites is 1. The Balaban J connectivity index is 1.57. The highest BCUT2D eigenvalue weighted by molar-refractivity contribution is 7.80. The largest absolute Gasteiger partial charge is 0.345 e. The van der Waals surface area contributed by atoms with E-state index in [0.717, 1.165) is 34.9 Å². The van der Waals surface area contributed by atoms with Crippen LogP contribution in [0, 0.1) is 6.92 Å². The van der Waals surface area contributed by atoms with Gasteiger partial charge >= 0.3 is 0 Å². The highest BCUT2D eigenvalue weighted by Crippen LogP contribution is 2.20. The second-order valence-electron chi connectivity index (χ2n) is 7.81. The summed E-state index contributed by atoms with van der Waals surface area (Å²) in [4.78, 5) is 2.20. The Morgan fingerprint density at radius 1 is 0.875 bits per heavy atom. The summed E-state index contributed by atoms with van der Waals surface area (Å²) in [6, 6.07) is 30.8. The molecule has 0 amide bonds. The lowest BCUT2D eigenvalue weighted by molar-refractivity contribution is 0.399. The zero-order valence-corrected chi connectivity index (χ0v) is 19.6. The maximum atomic E-state index is 6.41. The zero-order valence-electron chi connectivity index (χ0n) is 18.0. The van der Waals surface area contributed by atoms with E-state index in [4.69, 9.17) is 23.8 Å². The number of halogens is 1. The van der Waals surface area contributed by atoms with Crippen LogP contribution in [0.4, 0.5) is 5.69 Å². The normalized spacial score (nSPS) is 10.7. The molecule has 1 heterocycles. The summed E-state index contributed by atoms with van der Waals surface area (Å²) in [6.07, 6.45) is 2.09. The fraction of sp³-hybridized carbons (Fsp3) is 0.148. The Kier molecular flexibility index (Phi) is 7.25. The maximum Gasteiger partial charge on any atom is 0.174 e. The molecule has 0 unspecified atom stereocenters. The van der Waals surface area contributed by atoms with E-state index in [1.54, 1.807) is 0 Å². The molecule has 5 heteroatoms. The molecule has 3 aromatic carbocycles. The number of benzene rings is 3. The van der Waals surface area contributed by atoms with Crippen LogP contribution in [0.25, 0.3) is 0 Å². The maximum absolute atomic E-state index is 6.41. The van der Waals surface area contributed by atoms with Crippen molar-refractivity contribution >= 4 is 34.6 Å². The molecule has 4 aromatic rings. The highest BCUT2D eigenvalue weighted by Gasteiger charge is 2.15. The van der Waals surface area contributed by atoms with Gasteiger partial charge in [-0.1, -0.05) is 78.3 Å². The molecule has 0 atom stereocenters. The van der Waals surface area contributed by atoms with Crippen LogP contribution in [0.3, 0.4) is 0 Å². The summed E-state index contributed by atoms with van der Waals surface area (Å²) in [6.45, 7) is 4.21. The van der Waals surface area contributed by atoms with Crippen molar-refractivity contribution in [1.29, 1.82) is 0 Å². The molecule has 0 aliphatic carbocycles. The number of anilines is 1. The second-order valence-corrected chi connectivity index (χ2v) is 8.60. The Morgan fingerprint density at radius 2 is 1.59 bits per heavy atom. The fourth-order valence-electron chi connectivity index (χ4n) is 3.66. The molecule has 162 valence electrons. The molecular weight excluding hydrogens is 434 g/mol. The lowest BCUT2D eigenvalue weighted by atomic mass is 10.2. The van der Waals surface area contributed by atoms with E-state index in [0.29, 0.717) is 11.7 Å². The Bertz CT molecular complexity index is 1190. The number of nitrogens with one attached hydrogen (secondary N) is 1. The number of hydrogen-bond donors (Lipinski definition) is 1. The van der Waals surface area contributed by atoms with Gasteiger partial charge in [0.1, 0.15) is 0 Å². The van der Waals surface area contributed by atoms with Crippen LogP contribution in [0.5, 0.6) is 0 Å². The molecule has 0 aliphatic rings. The average molecular weight is 460 g/mol. The van der Waals surface area contributed by atoms with Crippen LogP contribution in [-0.2, 0) is 19.6 Å². The van der Waals surface area contributed by atoms with Crippen LogP contribution >= 0.6 is 23.8 Å². The van der Waals surface area contributed by atoms with Gasteiger partial charge in [-0.05, 0) is 60.1 Å². The minimum Gasteiger partial charge on any atom is -0.345 e. The van der Waals surface area contributed by atoms with E-state index >= 15 is 0 Å². The third kappa shape index (κ3) is 5.58. The van der Waals surface area contributed by atoms with Crippen molar-refractivity contribution in [1.82, 2.24) is 9.47 Å². The summed E-state index contributed by atoms with van der Waals surface area (Å²) < 4.78 is 2.23. The third-order valence-electron chi connectivity index (χ3n) is 5.47. The topological polar surface area (TPSA) is 20.2 Å². The summed E-state index contributed by atoms with van der Waals surface area (Å²) >= 11 is 12.3. The number of thiocarbonyl (C=S) groups is 1. The first kappa shape index (κ1) is 22.1. The predicted octanol–water partition coefficient (Wildman–Crippen LogP) is 6.90. The average Bonchev–Trinajstić information content (AvgIpc) is 3.24. The number of nitrogens with zero attached hydrogens (tertiary/aromatic N) is 2. The van der Waals surface area contributed by atoms with Crippen LogP contribution in [0.15, 0.2) is 97.2 Å². The van der Waals surface area contributed by atoms with Crippen molar-refractivity contribution in [3.05, 3.63) is 125 Å². The Labute approximate surface area is 200 Å². The van der Waals surface area contributed by atoms with Crippen LogP contribution in [-0.4, -0.2) is 14.6 Å². The lowest BCUT2D eigenvalue weighted by Crippen LogP contribution is -2.34. The third-order valence-corrected chi connectivity index (χ3v) is 6.19. The molecule has 4 rings (SSSR count). The van der Waals surface area contributed by atoms with Gasteiger partial charge in [-0.15, -0.1) is 0 Å². The first-order valence-corrected chi connectivity index (χ1v) is 11.4. The van der Waals surface area contributed by atoms with Crippen LogP contribution < -0.4 is 5.32 Å². The molecule has 1 aromatic heterocycles. The van der Waals surface area contributed by atoms with Gasteiger partial charge in [0.05, 0.1) is 6.54 Å². The van der Waals surface area contributed by atoms with Crippen LogP contribution in [0.1, 0.15) is 22.4 Å². The molecule has 0 radical (unpaired) electrons. The van der Waals surface area contributed by atoms with Gasteiger partial charge in [-0.25, -0.2) is 0 Å². The van der Waals surface area contributed by atoms with Gasteiger partial charge < -0.3 is 14.8 Å². The van der Waals surface area contributed by atoms with E-state index < -0.39 is 0 Å². The molecule has 0 aliphatic heterocycles. The molecule has 1 N–H and O–H groups in total. The molecule has 3 nitrogen and oxygen atoms in total. The minimum atomic E-state index is 0.685. The van der Waals surface area contributed by atoms with Gasteiger partial charge in [-0.3, -0.25) is 0 Å². The summed E-state index contributed by atoms with van der Waals surface area (Å²) in [5, 5.41) is 4.93. The van der Waals surface area contributed by atoms with Crippen molar-refractivity contribution in [2.75, 3.05) is 5.32 Å². The number of aromatic nitrogens is 1. The van der Waals surface area contributed by atoms with Gasteiger partial charge in [0.25, 0.3) is 0 Å². The van der Waals surface area contributed by atoms with Gasteiger partial charge in [0.15, 0.2) is 5.11 Å². The number of hydrogen-bond acceptors (Lipinski definition) is 1. The SMILES string of the molecule is Cc1ccccc1NC(=S)N(Cc1ccccc1)Cc1cccn1Cc1ccccc1Cl. The molecule has 0 bridgehead atoms. The van der Waals surface area contributed by atoms with E-state index in [1.807, 2.05) is 36.4 Å². The Hall–Kier alpha value is -3.08. The predicted molar refractivity (Wildman–Crippen MR) is 138 cm³/mol. The van der Waals surface area contributed by atoms with Gasteiger partial charge in [0, 0.05) is 35.7 Å². The van der Waals surface area contributed by atoms with Crippen molar-refractivity contribution in [2.45, 2.75) is 26.6 Å². The lowest BCUT2D eigenvalue weighted by Gasteiger charge is -2.27. The first-order valence-electron chi connectivity index (χ1n) is 10.6. The molecule has 0 fully saturated rings. The molecular formula is C27H26ClN3S. The zero-order chi connectivity index (χ0) is 22.3. The fourth-order valence-corrected chi connectivity index (χ4v) is 4.10. The molecule has 0 saturated heterocycles. The molecule has 0 spiro atoms. The van der Waals surface area contributed by atoms with Crippen molar-refractivity contribution in [2.24, 2.45) is 0 Å². The number of rotatable bonds is 7. The van der Waals surface area contributed by atoms with E-state index in [-0.39, 0.29) is 0 Å². The standard InChI is InChI=1S/C27H26ClN3S/c1-21-10-5-8-16-26(21)29-27(32)31(18-22-11-3-2-4-12-22)20-24-14-9-17-30(24)19-23-13-6-7-15-25(23)28/h2-17H,18-20H2,1H3,(H,29,32). The van der Waals surface area contributed by atoms with E-state index in [9.17, 15) is 0 Å². The van der Waals surface area contributed by atoms with Gasteiger partial charge in [0.2, 0.25) is 0 Å². The molecule has 32 heavy (non-hydrogen) atoms. The first-order chi connectivity index (χ1) is 15.6.